The van der Waals surface area contributed by atoms with Gasteiger partial charge in [-0.3, -0.25) is 24.2 Å². The maximum atomic E-state index is 11.3. The third-order valence-corrected chi connectivity index (χ3v) is 4.29. The number of hydrogen-bond donors (Lipinski definition) is 4. The van der Waals surface area contributed by atoms with E-state index in [1.54, 1.807) is 6.08 Å². The molecule has 0 aliphatic rings. The Morgan fingerprint density at radius 2 is 1.31 bits per heavy atom. The Kier molecular flexibility index (Phi) is 10.5. The molecule has 0 bridgehead atoms. The van der Waals surface area contributed by atoms with Crippen LogP contribution in [0.1, 0.15) is 40.5 Å². The van der Waals surface area contributed by atoms with Crippen molar-refractivity contribution >= 4 is 17.9 Å². The van der Waals surface area contributed by atoms with Crippen LogP contribution in [0, 0.1) is 0 Å². The lowest BCUT2D eigenvalue weighted by atomic mass is 10.2. The first-order valence-corrected chi connectivity index (χ1v) is 8.59. The van der Waals surface area contributed by atoms with E-state index < -0.39 is 36.0 Å². The summed E-state index contributed by atoms with van der Waals surface area (Å²) < 4.78 is 0. The fourth-order valence-corrected chi connectivity index (χ4v) is 2.40. The number of allylic oxidation sites excluding steroid dienone is 1. The third-order valence-electron chi connectivity index (χ3n) is 4.29. The summed E-state index contributed by atoms with van der Waals surface area (Å²) in [6.07, 6.45) is 3.09. The molecule has 9 nitrogen and oxygen atoms in total. The van der Waals surface area contributed by atoms with Crippen molar-refractivity contribution in [3.63, 3.8) is 0 Å². The van der Waals surface area contributed by atoms with Gasteiger partial charge in [0.1, 0.15) is 23.9 Å². The lowest BCUT2D eigenvalue weighted by Gasteiger charge is -2.33. The smallest absolute Gasteiger partial charge is 0.320 e. The van der Waals surface area contributed by atoms with Crippen LogP contribution in [0.4, 0.5) is 0 Å². The van der Waals surface area contributed by atoms with Crippen LogP contribution in [0.2, 0.25) is 0 Å². The minimum absolute atomic E-state index is 0.00971. The van der Waals surface area contributed by atoms with E-state index in [2.05, 4.69) is 0 Å². The Bertz CT molecular complexity index is 501. The minimum atomic E-state index is -1.17. The van der Waals surface area contributed by atoms with Gasteiger partial charge in [0, 0.05) is 13.1 Å². The van der Waals surface area contributed by atoms with E-state index in [9.17, 15) is 34.8 Å². The number of unbranched alkanes of at least 4 members (excludes halogenated alkanes) is 1. The molecule has 0 radical (unpaired) electrons. The lowest BCUT2D eigenvalue weighted by molar-refractivity contribution is -0.150. The number of nitrogens with zero attached hydrogens (tertiary/aromatic N) is 2. The van der Waals surface area contributed by atoms with E-state index in [4.69, 9.17) is 0 Å². The van der Waals surface area contributed by atoms with E-state index in [0.717, 1.165) is 6.42 Å². The quantitative estimate of drug-likeness (QED) is 0.351. The van der Waals surface area contributed by atoms with Crippen LogP contribution < -0.4 is 0 Å². The second kappa shape index (κ2) is 11.5. The van der Waals surface area contributed by atoms with E-state index >= 15 is 0 Å². The molecule has 0 aliphatic carbocycles. The van der Waals surface area contributed by atoms with Crippen LogP contribution in [-0.2, 0) is 14.4 Å². The molecule has 0 fully saturated rings. The summed E-state index contributed by atoms with van der Waals surface area (Å²) in [6.45, 7) is 6.27. The van der Waals surface area contributed by atoms with Crippen LogP contribution in [-0.4, -0.2) is 85.9 Å². The third kappa shape index (κ3) is 7.83. The monoisotopic (exact) mass is 374 g/mol. The molecule has 150 valence electrons. The summed E-state index contributed by atoms with van der Waals surface area (Å²) in [6, 6.07) is -3.02. The van der Waals surface area contributed by atoms with Crippen molar-refractivity contribution < 1.29 is 34.8 Å². The van der Waals surface area contributed by atoms with Crippen molar-refractivity contribution in [1.29, 1.82) is 0 Å². The topological polar surface area (TPSA) is 139 Å². The molecule has 0 amide bonds. The SMILES string of the molecule is CCC/C=C(\O)CN(CCN(C(C)C(=O)O)C(C)C(=O)O)C(C)C(=O)O. The Labute approximate surface area is 153 Å². The average molecular weight is 374 g/mol. The van der Waals surface area contributed by atoms with Crippen LogP contribution in [0.5, 0.6) is 0 Å². The molecule has 4 N–H and O–H groups in total. The maximum Gasteiger partial charge on any atom is 0.320 e. The molecule has 0 spiro atoms. The highest BCUT2D eigenvalue weighted by atomic mass is 16.4. The lowest BCUT2D eigenvalue weighted by Crippen LogP contribution is -2.52. The molecule has 3 unspecified atom stereocenters. The van der Waals surface area contributed by atoms with Gasteiger partial charge < -0.3 is 20.4 Å². The van der Waals surface area contributed by atoms with Gasteiger partial charge in [-0.2, -0.15) is 0 Å². The zero-order valence-electron chi connectivity index (χ0n) is 15.8. The molecule has 0 aromatic heterocycles. The Morgan fingerprint density at radius 1 is 0.846 bits per heavy atom. The molecule has 0 saturated heterocycles. The molecule has 9 heteroatoms. The Morgan fingerprint density at radius 3 is 1.69 bits per heavy atom. The zero-order chi connectivity index (χ0) is 20.4. The standard InChI is InChI=1S/C17H30N2O7/c1-5-6-7-14(20)10-18(11(2)15(21)22)8-9-19(12(3)16(23)24)13(4)17(25)26/h7,11-13,20H,5-6,8-10H2,1-4H3,(H,21,22)(H,23,24)(H,25,26)/b14-7-. The summed E-state index contributed by atoms with van der Waals surface area (Å²) in [5.74, 6) is -3.38. The number of carbonyl (C=O) groups is 3. The van der Waals surface area contributed by atoms with Gasteiger partial charge in [-0.1, -0.05) is 13.3 Å². The van der Waals surface area contributed by atoms with Crippen molar-refractivity contribution in [2.75, 3.05) is 19.6 Å². The summed E-state index contributed by atoms with van der Waals surface area (Å²) >= 11 is 0. The Balaban J connectivity index is 5.29. The fraction of sp³-hybridized carbons (Fsp3) is 0.706. The summed E-state index contributed by atoms with van der Waals surface area (Å²) in [7, 11) is 0. The number of aliphatic hydroxyl groups is 1. The second-order valence-corrected chi connectivity index (χ2v) is 6.24. The van der Waals surface area contributed by atoms with Gasteiger partial charge in [0.2, 0.25) is 0 Å². The number of rotatable bonds is 13. The zero-order valence-corrected chi connectivity index (χ0v) is 15.8. The predicted octanol–water partition coefficient (Wildman–Crippen LogP) is 1.25. The molecule has 0 heterocycles. The predicted molar refractivity (Wildman–Crippen MR) is 95.2 cm³/mol. The van der Waals surface area contributed by atoms with E-state index in [1.807, 2.05) is 6.92 Å². The van der Waals surface area contributed by atoms with Gasteiger partial charge >= 0.3 is 17.9 Å². The average Bonchev–Trinajstić information content (AvgIpc) is 2.57. The number of carboxylic acid groups (broad SMARTS) is 3. The summed E-state index contributed by atoms with van der Waals surface area (Å²) in [5.41, 5.74) is 0. The van der Waals surface area contributed by atoms with Crippen LogP contribution in [0.15, 0.2) is 11.8 Å². The Hall–Kier alpha value is -2.13. The number of aliphatic carboxylic acids is 3. The molecule has 0 aromatic carbocycles. The number of carboxylic acids is 3. The van der Waals surface area contributed by atoms with Gasteiger partial charge in [-0.15, -0.1) is 0 Å². The molecular weight excluding hydrogens is 344 g/mol. The normalized spacial score (nSPS) is 15.7. The summed E-state index contributed by atoms with van der Waals surface area (Å²) in [5, 5.41) is 37.6. The number of aliphatic hydroxyl groups excluding tert-OH is 1. The first-order chi connectivity index (χ1) is 12.0. The molecule has 0 aromatic rings. The fourth-order valence-electron chi connectivity index (χ4n) is 2.40. The van der Waals surface area contributed by atoms with Gasteiger partial charge in [-0.05, 0) is 33.3 Å². The van der Waals surface area contributed by atoms with Gasteiger partial charge in [0.25, 0.3) is 0 Å². The van der Waals surface area contributed by atoms with Gasteiger partial charge in [-0.25, -0.2) is 0 Å². The highest BCUT2D eigenvalue weighted by Crippen LogP contribution is 2.10. The highest BCUT2D eigenvalue weighted by molar-refractivity contribution is 5.77. The minimum Gasteiger partial charge on any atom is -0.511 e. The van der Waals surface area contributed by atoms with E-state index in [-0.39, 0.29) is 25.4 Å². The molecule has 26 heavy (non-hydrogen) atoms. The van der Waals surface area contributed by atoms with Crippen LogP contribution in [0.25, 0.3) is 0 Å². The van der Waals surface area contributed by atoms with Gasteiger partial charge in [0.15, 0.2) is 0 Å². The van der Waals surface area contributed by atoms with E-state index in [1.165, 1.54) is 30.6 Å². The first-order valence-electron chi connectivity index (χ1n) is 8.59. The molecular formula is C17H30N2O7. The maximum absolute atomic E-state index is 11.3. The summed E-state index contributed by atoms with van der Waals surface area (Å²) in [4.78, 5) is 36.6. The van der Waals surface area contributed by atoms with Crippen LogP contribution >= 0.6 is 0 Å². The molecule has 3 atom stereocenters. The van der Waals surface area contributed by atoms with Crippen molar-refractivity contribution in [1.82, 2.24) is 9.80 Å². The molecule has 0 rings (SSSR count). The van der Waals surface area contributed by atoms with Crippen molar-refractivity contribution in [2.24, 2.45) is 0 Å². The first kappa shape index (κ1) is 23.9. The second-order valence-electron chi connectivity index (χ2n) is 6.24. The van der Waals surface area contributed by atoms with Crippen molar-refractivity contribution in [3.05, 3.63) is 11.8 Å². The van der Waals surface area contributed by atoms with Crippen molar-refractivity contribution in [2.45, 2.75) is 58.7 Å². The van der Waals surface area contributed by atoms with Crippen LogP contribution in [0.3, 0.4) is 0 Å². The largest absolute Gasteiger partial charge is 0.511 e. The molecule has 0 aliphatic heterocycles. The number of hydrogen-bond acceptors (Lipinski definition) is 6. The molecule has 0 saturated carbocycles. The highest BCUT2D eigenvalue weighted by Gasteiger charge is 2.31. The van der Waals surface area contributed by atoms with Crippen molar-refractivity contribution in [3.8, 4) is 0 Å². The van der Waals surface area contributed by atoms with Gasteiger partial charge in [0.05, 0.1) is 6.54 Å². The van der Waals surface area contributed by atoms with E-state index in [0.29, 0.717) is 6.42 Å².